The van der Waals surface area contributed by atoms with Gasteiger partial charge >= 0.3 is 0 Å². The SMILES string of the molecule is COc1cc(C(C)NCc2cccs2)sn1. The summed E-state index contributed by atoms with van der Waals surface area (Å²) < 4.78 is 9.25. The molecule has 0 fully saturated rings. The summed E-state index contributed by atoms with van der Waals surface area (Å²) in [7, 11) is 1.64. The minimum Gasteiger partial charge on any atom is -0.480 e. The second kappa shape index (κ2) is 5.43. The van der Waals surface area contributed by atoms with Crippen LogP contribution >= 0.6 is 22.9 Å². The molecule has 2 aromatic rings. The Morgan fingerprint density at radius 1 is 1.56 bits per heavy atom. The first kappa shape index (κ1) is 11.6. The van der Waals surface area contributed by atoms with Gasteiger partial charge in [-0.3, -0.25) is 0 Å². The number of aromatic nitrogens is 1. The Labute approximate surface area is 103 Å². The van der Waals surface area contributed by atoms with Crippen LogP contribution in [-0.2, 0) is 6.54 Å². The van der Waals surface area contributed by atoms with Gasteiger partial charge in [-0.15, -0.1) is 11.3 Å². The first-order chi connectivity index (χ1) is 7.79. The quantitative estimate of drug-likeness (QED) is 0.890. The van der Waals surface area contributed by atoms with E-state index in [9.17, 15) is 0 Å². The van der Waals surface area contributed by atoms with E-state index in [-0.39, 0.29) is 0 Å². The summed E-state index contributed by atoms with van der Waals surface area (Å²) >= 11 is 3.26. The average Bonchev–Trinajstić information content (AvgIpc) is 2.96. The molecule has 3 nitrogen and oxygen atoms in total. The molecule has 0 bridgehead atoms. The maximum Gasteiger partial charge on any atom is 0.225 e. The number of hydrogen-bond acceptors (Lipinski definition) is 5. The van der Waals surface area contributed by atoms with Crippen molar-refractivity contribution in [3.05, 3.63) is 33.3 Å². The third-order valence-electron chi connectivity index (χ3n) is 2.31. The topological polar surface area (TPSA) is 34.1 Å². The fourth-order valence-corrected chi connectivity index (χ4v) is 2.71. The van der Waals surface area contributed by atoms with Gasteiger partial charge in [0.25, 0.3) is 0 Å². The van der Waals surface area contributed by atoms with Crippen LogP contribution in [0.2, 0.25) is 0 Å². The molecular formula is C11H14N2OS2. The van der Waals surface area contributed by atoms with E-state index < -0.39 is 0 Å². The van der Waals surface area contributed by atoms with Gasteiger partial charge in [-0.2, -0.15) is 4.37 Å². The lowest BCUT2D eigenvalue weighted by Gasteiger charge is -2.09. The molecule has 2 aromatic heterocycles. The molecule has 16 heavy (non-hydrogen) atoms. The van der Waals surface area contributed by atoms with Gasteiger partial charge < -0.3 is 10.1 Å². The normalized spacial score (nSPS) is 12.6. The Balaban J connectivity index is 1.90. The molecule has 0 aromatic carbocycles. The maximum atomic E-state index is 5.07. The number of nitrogens with zero attached hydrogens (tertiary/aromatic N) is 1. The van der Waals surface area contributed by atoms with Gasteiger partial charge in [0, 0.05) is 28.4 Å². The summed E-state index contributed by atoms with van der Waals surface area (Å²) in [4.78, 5) is 2.55. The van der Waals surface area contributed by atoms with E-state index in [2.05, 4.69) is 34.1 Å². The van der Waals surface area contributed by atoms with E-state index >= 15 is 0 Å². The van der Waals surface area contributed by atoms with Gasteiger partial charge in [0.05, 0.1) is 7.11 Å². The van der Waals surface area contributed by atoms with Gasteiger partial charge in [-0.1, -0.05) is 6.07 Å². The lowest BCUT2D eigenvalue weighted by molar-refractivity contribution is 0.402. The summed E-state index contributed by atoms with van der Waals surface area (Å²) in [6.07, 6.45) is 0. The first-order valence-corrected chi connectivity index (χ1v) is 6.71. The third-order valence-corrected chi connectivity index (χ3v) is 4.14. The van der Waals surface area contributed by atoms with Crippen molar-refractivity contribution in [2.45, 2.75) is 19.5 Å². The molecule has 0 aliphatic rings. The van der Waals surface area contributed by atoms with E-state index in [0.717, 1.165) is 6.54 Å². The maximum absolute atomic E-state index is 5.07. The molecule has 2 heterocycles. The van der Waals surface area contributed by atoms with Crippen LogP contribution in [0.1, 0.15) is 22.7 Å². The molecule has 0 aliphatic heterocycles. The van der Waals surface area contributed by atoms with Gasteiger partial charge in [0.2, 0.25) is 5.88 Å². The Morgan fingerprint density at radius 3 is 3.06 bits per heavy atom. The van der Waals surface area contributed by atoms with E-state index in [0.29, 0.717) is 11.9 Å². The van der Waals surface area contributed by atoms with Crippen molar-refractivity contribution in [1.82, 2.24) is 9.69 Å². The summed E-state index contributed by atoms with van der Waals surface area (Å²) in [6.45, 7) is 3.04. The zero-order valence-electron chi connectivity index (χ0n) is 9.27. The molecule has 2 rings (SSSR count). The number of methoxy groups -OCH3 is 1. The Morgan fingerprint density at radius 2 is 2.44 bits per heavy atom. The fourth-order valence-electron chi connectivity index (χ4n) is 1.34. The van der Waals surface area contributed by atoms with Crippen LogP contribution in [0.15, 0.2) is 23.6 Å². The summed E-state index contributed by atoms with van der Waals surface area (Å²) in [5.74, 6) is 0.699. The van der Waals surface area contributed by atoms with Gasteiger partial charge in [0.15, 0.2) is 0 Å². The number of ether oxygens (including phenoxy) is 1. The first-order valence-electron chi connectivity index (χ1n) is 5.06. The van der Waals surface area contributed by atoms with Crippen molar-refractivity contribution in [3.8, 4) is 5.88 Å². The number of hydrogen-bond donors (Lipinski definition) is 1. The van der Waals surface area contributed by atoms with E-state index in [4.69, 9.17) is 4.74 Å². The molecule has 0 radical (unpaired) electrons. The van der Waals surface area contributed by atoms with Gasteiger partial charge in [-0.25, -0.2) is 0 Å². The Kier molecular flexibility index (Phi) is 3.93. The number of nitrogens with one attached hydrogen (secondary N) is 1. The molecule has 1 unspecified atom stereocenters. The smallest absolute Gasteiger partial charge is 0.225 e. The molecule has 0 amide bonds. The molecule has 5 heteroatoms. The fraction of sp³-hybridized carbons (Fsp3) is 0.364. The number of thiophene rings is 1. The van der Waals surface area contributed by atoms with E-state index in [1.54, 1.807) is 18.4 Å². The van der Waals surface area contributed by atoms with Gasteiger partial charge in [0.1, 0.15) is 0 Å². The van der Waals surface area contributed by atoms with Crippen LogP contribution in [0, 0.1) is 0 Å². The highest BCUT2D eigenvalue weighted by Gasteiger charge is 2.09. The van der Waals surface area contributed by atoms with Crippen molar-refractivity contribution in [3.63, 3.8) is 0 Å². The van der Waals surface area contributed by atoms with Crippen molar-refractivity contribution < 1.29 is 4.74 Å². The molecule has 1 atom stereocenters. The molecule has 86 valence electrons. The largest absolute Gasteiger partial charge is 0.480 e. The molecule has 0 spiro atoms. The van der Waals surface area contributed by atoms with Crippen molar-refractivity contribution in [2.24, 2.45) is 0 Å². The monoisotopic (exact) mass is 254 g/mol. The summed E-state index contributed by atoms with van der Waals surface area (Å²) in [5.41, 5.74) is 0. The zero-order chi connectivity index (χ0) is 11.4. The predicted molar refractivity (Wildman–Crippen MR) is 68.2 cm³/mol. The molecule has 1 N–H and O–H groups in total. The van der Waals surface area contributed by atoms with Crippen LogP contribution < -0.4 is 10.1 Å². The lowest BCUT2D eigenvalue weighted by Crippen LogP contribution is -2.16. The van der Waals surface area contributed by atoms with Crippen LogP contribution in [0.25, 0.3) is 0 Å². The van der Waals surface area contributed by atoms with E-state index in [1.807, 2.05) is 6.07 Å². The highest BCUT2D eigenvalue weighted by atomic mass is 32.1. The highest BCUT2D eigenvalue weighted by Crippen LogP contribution is 2.23. The molecular weight excluding hydrogens is 240 g/mol. The van der Waals surface area contributed by atoms with Crippen LogP contribution in [0.3, 0.4) is 0 Å². The van der Waals surface area contributed by atoms with Crippen molar-refractivity contribution >= 4 is 22.9 Å². The molecule has 0 aliphatic carbocycles. The third kappa shape index (κ3) is 2.81. The standard InChI is InChI=1S/C11H14N2OS2/c1-8(10-6-11(14-2)13-16-10)12-7-9-4-3-5-15-9/h3-6,8,12H,7H2,1-2H3. The average molecular weight is 254 g/mol. The minimum atomic E-state index is 0.309. The Bertz CT molecular complexity index is 425. The van der Waals surface area contributed by atoms with E-state index in [1.165, 1.54) is 21.3 Å². The second-order valence-electron chi connectivity index (χ2n) is 3.45. The number of rotatable bonds is 5. The molecule has 0 saturated carbocycles. The summed E-state index contributed by atoms with van der Waals surface area (Å²) in [5, 5.41) is 5.56. The van der Waals surface area contributed by atoms with Crippen molar-refractivity contribution in [2.75, 3.05) is 7.11 Å². The highest BCUT2D eigenvalue weighted by molar-refractivity contribution is 7.09. The molecule has 0 saturated heterocycles. The zero-order valence-corrected chi connectivity index (χ0v) is 10.9. The minimum absolute atomic E-state index is 0.309. The Hall–Kier alpha value is -0.910. The van der Waals surface area contributed by atoms with Gasteiger partial charge in [-0.05, 0) is 29.9 Å². The second-order valence-corrected chi connectivity index (χ2v) is 5.32. The van der Waals surface area contributed by atoms with Crippen LogP contribution in [0.4, 0.5) is 0 Å². The van der Waals surface area contributed by atoms with Crippen molar-refractivity contribution in [1.29, 1.82) is 0 Å². The predicted octanol–water partition coefficient (Wildman–Crippen LogP) is 3.06. The lowest BCUT2D eigenvalue weighted by atomic mass is 10.3. The van der Waals surface area contributed by atoms with Crippen LogP contribution in [-0.4, -0.2) is 11.5 Å². The van der Waals surface area contributed by atoms with Crippen LogP contribution in [0.5, 0.6) is 5.88 Å². The summed E-state index contributed by atoms with van der Waals surface area (Å²) in [6, 6.07) is 6.50.